The van der Waals surface area contributed by atoms with Gasteiger partial charge in [-0.3, -0.25) is 4.79 Å². The van der Waals surface area contributed by atoms with Crippen LogP contribution < -0.4 is 10.1 Å². The number of halogens is 1. The number of hydrogen-bond donors (Lipinski definition) is 1. The maximum absolute atomic E-state index is 13.9. The molecule has 0 fully saturated rings. The Hall–Kier alpha value is -3.43. The number of amides is 1. The summed E-state index contributed by atoms with van der Waals surface area (Å²) in [5, 5.41) is 12.0. The number of hydrogen-bond acceptors (Lipinski definition) is 4. The number of anilines is 1. The van der Waals surface area contributed by atoms with Gasteiger partial charge < -0.3 is 10.1 Å². The van der Waals surface area contributed by atoms with Crippen molar-refractivity contribution in [2.75, 3.05) is 12.4 Å². The molecule has 0 aliphatic heterocycles. The molecular weight excluding hydrogens is 363 g/mol. The van der Waals surface area contributed by atoms with E-state index in [1.807, 2.05) is 6.07 Å². The molecule has 0 saturated heterocycles. The number of methoxy groups -OCH3 is 1. The van der Waals surface area contributed by atoms with Crippen molar-refractivity contribution in [3.05, 3.63) is 76.9 Å². The van der Waals surface area contributed by atoms with Gasteiger partial charge in [-0.05, 0) is 36.4 Å². The Morgan fingerprint density at radius 1 is 1.15 bits per heavy atom. The van der Waals surface area contributed by atoms with Gasteiger partial charge in [-0.25, -0.2) is 4.39 Å². The summed E-state index contributed by atoms with van der Waals surface area (Å²) < 4.78 is 19.1. The molecule has 6 heteroatoms. The number of nitrogens with zero attached hydrogens (tertiary/aromatic N) is 1. The van der Waals surface area contributed by atoms with Crippen LogP contribution in [0.3, 0.4) is 0 Å². The van der Waals surface area contributed by atoms with E-state index in [0.29, 0.717) is 21.9 Å². The van der Waals surface area contributed by atoms with E-state index in [-0.39, 0.29) is 11.4 Å². The Balaban J connectivity index is 1.84. The van der Waals surface area contributed by atoms with Crippen molar-refractivity contribution in [3.8, 4) is 22.3 Å². The van der Waals surface area contributed by atoms with Gasteiger partial charge in [-0.2, -0.15) is 5.26 Å². The molecular formula is C21H15FN2O2S. The van der Waals surface area contributed by atoms with Gasteiger partial charge in [0.15, 0.2) is 0 Å². The highest BCUT2D eigenvalue weighted by Crippen LogP contribution is 2.31. The average molecular weight is 378 g/mol. The monoisotopic (exact) mass is 378 g/mol. The molecule has 134 valence electrons. The van der Waals surface area contributed by atoms with Crippen molar-refractivity contribution in [1.29, 1.82) is 5.26 Å². The summed E-state index contributed by atoms with van der Waals surface area (Å²) in [7, 11) is 1.50. The number of thiophene rings is 1. The molecule has 1 heterocycles. The van der Waals surface area contributed by atoms with E-state index in [4.69, 9.17) is 4.74 Å². The highest BCUT2D eigenvalue weighted by molar-refractivity contribution is 7.16. The van der Waals surface area contributed by atoms with Crippen LogP contribution in [-0.4, -0.2) is 13.0 Å². The molecule has 1 N–H and O–H groups in total. The molecule has 0 aliphatic rings. The lowest BCUT2D eigenvalue weighted by Gasteiger charge is -2.08. The number of ether oxygens (including phenoxy) is 1. The molecule has 0 unspecified atom stereocenters. The van der Waals surface area contributed by atoms with Crippen LogP contribution in [0.5, 0.6) is 5.75 Å². The van der Waals surface area contributed by atoms with Gasteiger partial charge in [-0.15, -0.1) is 11.3 Å². The van der Waals surface area contributed by atoms with Crippen LogP contribution in [0, 0.1) is 17.1 Å². The van der Waals surface area contributed by atoms with Gasteiger partial charge in [0.2, 0.25) is 0 Å². The number of nitrogens with one attached hydrogen (secondary N) is 1. The third-order valence-electron chi connectivity index (χ3n) is 3.77. The maximum atomic E-state index is 13.9. The van der Waals surface area contributed by atoms with Crippen molar-refractivity contribution in [2.24, 2.45) is 0 Å². The van der Waals surface area contributed by atoms with Crippen LogP contribution in [0.4, 0.5) is 10.1 Å². The minimum Gasteiger partial charge on any atom is -0.495 e. The third kappa shape index (κ3) is 4.22. The minimum absolute atomic E-state index is 0.0529. The molecule has 0 aliphatic carbocycles. The summed E-state index contributed by atoms with van der Waals surface area (Å²) in [4.78, 5) is 13.8. The largest absolute Gasteiger partial charge is 0.495 e. The molecule has 3 rings (SSSR count). The van der Waals surface area contributed by atoms with Gasteiger partial charge in [0.1, 0.15) is 23.2 Å². The van der Waals surface area contributed by atoms with Crippen molar-refractivity contribution < 1.29 is 13.9 Å². The summed E-state index contributed by atoms with van der Waals surface area (Å²) in [5.74, 6) is -0.353. The van der Waals surface area contributed by atoms with E-state index in [9.17, 15) is 14.4 Å². The summed E-state index contributed by atoms with van der Waals surface area (Å²) in [5.41, 5.74) is 0.909. The zero-order valence-corrected chi connectivity index (χ0v) is 15.2. The van der Waals surface area contributed by atoms with Gasteiger partial charge in [-0.1, -0.05) is 30.3 Å². The lowest BCUT2D eigenvalue weighted by molar-refractivity contribution is -0.112. The van der Waals surface area contributed by atoms with E-state index in [1.54, 1.807) is 54.6 Å². The Labute approximate surface area is 160 Å². The molecule has 3 aromatic rings. The van der Waals surface area contributed by atoms with Crippen LogP contribution >= 0.6 is 11.3 Å². The zero-order chi connectivity index (χ0) is 19.2. The van der Waals surface area contributed by atoms with Gasteiger partial charge >= 0.3 is 0 Å². The summed E-state index contributed by atoms with van der Waals surface area (Å²) in [6.45, 7) is 0. The second kappa shape index (κ2) is 8.30. The van der Waals surface area contributed by atoms with E-state index in [2.05, 4.69) is 5.32 Å². The predicted molar refractivity (Wildman–Crippen MR) is 105 cm³/mol. The highest BCUT2D eigenvalue weighted by Gasteiger charge is 2.13. The molecule has 0 spiro atoms. The number of nitriles is 1. The number of rotatable bonds is 5. The SMILES string of the molecule is COc1ccccc1NC(=O)/C(C#N)=C/c1ccc(-c2ccccc2F)s1. The summed E-state index contributed by atoms with van der Waals surface area (Å²) >= 11 is 1.30. The molecule has 0 saturated carbocycles. The topological polar surface area (TPSA) is 62.1 Å². The van der Waals surface area contributed by atoms with Crippen molar-refractivity contribution in [3.63, 3.8) is 0 Å². The van der Waals surface area contributed by atoms with Crippen molar-refractivity contribution >= 4 is 29.0 Å². The Bertz CT molecular complexity index is 1050. The van der Waals surface area contributed by atoms with Gasteiger partial charge in [0.25, 0.3) is 5.91 Å². The fourth-order valence-electron chi connectivity index (χ4n) is 2.46. The standard InChI is InChI=1S/C21H15FN2O2S/c1-26-19-9-5-4-8-18(19)24-21(25)14(13-23)12-15-10-11-20(27-15)16-6-2-3-7-17(16)22/h2-12H,1H3,(H,24,25)/b14-12+. The number of carbonyl (C=O) groups is 1. The molecule has 27 heavy (non-hydrogen) atoms. The van der Waals surface area contributed by atoms with E-state index >= 15 is 0 Å². The average Bonchev–Trinajstić information content (AvgIpc) is 3.15. The predicted octanol–water partition coefficient (Wildman–Crippen LogP) is 5.11. The number of para-hydroxylation sites is 2. The quantitative estimate of drug-likeness (QED) is 0.496. The normalized spacial score (nSPS) is 10.9. The van der Waals surface area contributed by atoms with Crippen molar-refractivity contribution in [2.45, 2.75) is 0 Å². The molecule has 4 nitrogen and oxygen atoms in total. The second-order valence-corrected chi connectivity index (χ2v) is 6.62. The van der Waals surface area contributed by atoms with Crippen LogP contribution in [0.2, 0.25) is 0 Å². The zero-order valence-electron chi connectivity index (χ0n) is 14.4. The molecule has 0 radical (unpaired) electrons. The Kier molecular flexibility index (Phi) is 5.64. The first-order valence-corrected chi connectivity index (χ1v) is 8.85. The van der Waals surface area contributed by atoms with Crippen LogP contribution in [0.1, 0.15) is 4.88 Å². The Morgan fingerprint density at radius 2 is 1.89 bits per heavy atom. The van der Waals surface area contributed by atoms with E-state index < -0.39 is 5.91 Å². The third-order valence-corrected chi connectivity index (χ3v) is 4.84. The number of carbonyl (C=O) groups excluding carboxylic acids is 1. The molecule has 1 amide bonds. The first kappa shape index (κ1) is 18.4. The molecule has 0 atom stereocenters. The molecule has 2 aromatic carbocycles. The lowest BCUT2D eigenvalue weighted by atomic mass is 10.2. The van der Waals surface area contributed by atoms with Gasteiger partial charge in [0, 0.05) is 15.3 Å². The van der Waals surface area contributed by atoms with Crippen LogP contribution in [-0.2, 0) is 4.79 Å². The minimum atomic E-state index is -0.539. The van der Waals surface area contributed by atoms with Crippen LogP contribution in [0.25, 0.3) is 16.5 Å². The number of benzene rings is 2. The highest BCUT2D eigenvalue weighted by atomic mass is 32.1. The second-order valence-electron chi connectivity index (χ2n) is 5.51. The molecule has 1 aromatic heterocycles. The van der Waals surface area contributed by atoms with Crippen LogP contribution in [0.15, 0.2) is 66.2 Å². The summed E-state index contributed by atoms with van der Waals surface area (Å²) in [6.07, 6.45) is 1.49. The first-order valence-electron chi connectivity index (χ1n) is 8.03. The lowest BCUT2D eigenvalue weighted by Crippen LogP contribution is -2.14. The fourth-order valence-corrected chi connectivity index (χ4v) is 3.44. The first-order chi connectivity index (χ1) is 13.1. The maximum Gasteiger partial charge on any atom is 0.266 e. The van der Waals surface area contributed by atoms with E-state index in [0.717, 1.165) is 4.88 Å². The molecule has 0 bridgehead atoms. The van der Waals surface area contributed by atoms with Crippen molar-refractivity contribution in [1.82, 2.24) is 0 Å². The van der Waals surface area contributed by atoms with E-state index in [1.165, 1.54) is 30.6 Å². The Morgan fingerprint density at radius 3 is 2.63 bits per heavy atom. The smallest absolute Gasteiger partial charge is 0.266 e. The fraction of sp³-hybridized carbons (Fsp3) is 0.0476. The summed E-state index contributed by atoms with van der Waals surface area (Å²) in [6, 6.07) is 18.8. The van der Waals surface area contributed by atoms with Gasteiger partial charge in [0.05, 0.1) is 12.8 Å².